The second-order valence-corrected chi connectivity index (χ2v) is 5.73. The van der Waals surface area contributed by atoms with E-state index in [-0.39, 0.29) is 18.3 Å². The quantitative estimate of drug-likeness (QED) is 0.749. The standard InChI is InChI=1S/C12H21BN2O3/c1-11(2)12(3,4)18-13(17-11)9-7-15(5)14-10(9)8-16-6/h7H,8H2,1-6H3. The highest BCUT2D eigenvalue weighted by molar-refractivity contribution is 6.62. The maximum absolute atomic E-state index is 6.02. The first-order valence-corrected chi connectivity index (χ1v) is 6.14. The molecule has 0 amide bonds. The van der Waals surface area contributed by atoms with Gasteiger partial charge < -0.3 is 14.0 Å². The molecule has 1 saturated heterocycles. The summed E-state index contributed by atoms with van der Waals surface area (Å²) in [7, 11) is 3.16. The number of methoxy groups -OCH3 is 1. The van der Waals surface area contributed by atoms with Gasteiger partial charge in [0.2, 0.25) is 0 Å². The maximum atomic E-state index is 6.02. The third kappa shape index (κ3) is 2.20. The summed E-state index contributed by atoms with van der Waals surface area (Å²) in [6.45, 7) is 8.62. The Morgan fingerprint density at radius 2 is 1.83 bits per heavy atom. The molecular weight excluding hydrogens is 231 g/mol. The lowest BCUT2D eigenvalue weighted by Crippen LogP contribution is -2.41. The molecule has 18 heavy (non-hydrogen) atoms. The van der Waals surface area contributed by atoms with Crippen LogP contribution < -0.4 is 5.46 Å². The third-order valence-electron chi connectivity index (χ3n) is 3.73. The Balaban J connectivity index is 2.29. The topological polar surface area (TPSA) is 45.5 Å². The van der Waals surface area contributed by atoms with Gasteiger partial charge in [-0.15, -0.1) is 0 Å². The highest BCUT2D eigenvalue weighted by Crippen LogP contribution is 2.36. The van der Waals surface area contributed by atoms with E-state index in [0.29, 0.717) is 6.61 Å². The van der Waals surface area contributed by atoms with Crippen LogP contribution in [0.4, 0.5) is 0 Å². The van der Waals surface area contributed by atoms with Crippen molar-refractivity contribution >= 4 is 12.6 Å². The number of aromatic nitrogens is 2. The normalized spacial score (nSPS) is 21.6. The molecule has 0 aromatic carbocycles. The Hall–Kier alpha value is -0.845. The summed E-state index contributed by atoms with van der Waals surface area (Å²) in [6.07, 6.45) is 1.93. The molecule has 2 rings (SSSR count). The maximum Gasteiger partial charge on any atom is 0.498 e. The van der Waals surface area contributed by atoms with Gasteiger partial charge in [-0.3, -0.25) is 4.68 Å². The lowest BCUT2D eigenvalue weighted by Gasteiger charge is -2.32. The van der Waals surface area contributed by atoms with Crippen LogP contribution in [-0.4, -0.2) is 35.2 Å². The van der Waals surface area contributed by atoms with E-state index in [1.807, 2.05) is 40.9 Å². The van der Waals surface area contributed by atoms with Crippen LogP contribution >= 0.6 is 0 Å². The molecule has 0 N–H and O–H groups in total. The predicted molar refractivity (Wildman–Crippen MR) is 69.6 cm³/mol. The van der Waals surface area contributed by atoms with Crippen LogP contribution in [0.1, 0.15) is 33.4 Å². The second-order valence-electron chi connectivity index (χ2n) is 5.73. The van der Waals surface area contributed by atoms with E-state index >= 15 is 0 Å². The smallest absolute Gasteiger partial charge is 0.399 e. The highest BCUT2D eigenvalue weighted by Gasteiger charge is 2.52. The molecule has 2 heterocycles. The van der Waals surface area contributed by atoms with Crippen molar-refractivity contribution in [3.8, 4) is 0 Å². The number of ether oxygens (including phenoxy) is 1. The number of nitrogens with zero attached hydrogens (tertiary/aromatic N) is 2. The van der Waals surface area contributed by atoms with E-state index in [1.54, 1.807) is 11.8 Å². The molecule has 6 heteroatoms. The minimum atomic E-state index is -0.381. The Kier molecular flexibility index (Phi) is 3.29. The van der Waals surface area contributed by atoms with Crippen LogP contribution in [0.3, 0.4) is 0 Å². The van der Waals surface area contributed by atoms with Crippen molar-refractivity contribution in [3.63, 3.8) is 0 Å². The molecule has 0 spiro atoms. The van der Waals surface area contributed by atoms with Crippen LogP contribution in [-0.2, 0) is 27.7 Å². The van der Waals surface area contributed by atoms with Gasteiger partial charge in [0.15, 0.2) is 0 Å². The molecule has 0 radical (unpaired) electrons. The molecule has 0 aliphatic carbocycles. The molecule has 0 saturated carbocycles. The lowest BCUT2D eigenvalue weighted by atomic mass is 9.79. The average Bonchev–Trinajstić information content (AvgIpc) is 2.67. The van der Waals surface area contributed by atoms with Crippen LogP contribution in [0.2, 0.25) is 0 Å². The van der Waals surface area contributed by atoms with E-state index in [1.165, 1.54) is 0 Å². The Bertz CT molecular complexity index is 427. The predicted octanol–water partition coefficient (Wildman–Crippen LogP) is 0.866. The van der Waals surface area contributed by atoms with Crippen molar-refractivity contribution < 1.29 is 14.0 Å². The summed E-state index contributed by atoms with van der Waals surface area (Å²) in [5.74, 6) is 0. The fourth-order valence-corrected chi connectivity index (χ4v) is 1.97. The first-order valence-electron chi connectivity index (χ1n) is 6.14. The molecule has 5 nitrogen and oxygen atoms in total. The van der Waals surface area contributed by atoms with Gasteiger partial charge in [0, 0.05) is 25.8 Å². The molecule has 1 aliphatic heterocycles. The van der Waals surface area contributed by atoms with Gasteiger partial charge >= 0.3 is 7.12 Å². The highest BCUT2D eigenvalue weighted by atomic mass is 16.7. The Morgan fingerprint density at radius 1 is 1.28 bits per heavy atom. The molecule has 0 atom stereocenters. The largest absolute Gasteiger partial charge is 0.498 e. The summed E-state index contributed by atoms with van der Waals surface area (Å²) in [4.78, 5) is 0. The molecule has 0 bridgehead atoms. The molecule has 1 aliphatic rings. The van der Waals surface area contributed by atoms with E-state index < -0.39 is 0 Å². The number of hydrogen-bond donors (Lipinski definition) is 0. The van der Waals surface area contributed by atoms with Gasteiger partial charge in [-0.1, -0.05) is 0 Å². The zero-order valence-corrected chi connectivity index (χ0v) is 12.0. The zero-order chi connectivity index (χ0) is 13.6. The fourth-order valence-electron chi connectivity index (χ4n) is 1.97. The third-order valence-corrected chi connectivity index (χ3v) is 3.73. The first-order chi connectivity index (χ1) is 8.27. The minimum absolute atomic E-state index is 0.335. The van der Waals surface area contributed by atoms with Gasteiger partial charge in [-0.05, 0) is 27.7 Å². The second kappa shape index (κ2) is 4.37. The van der Waals surface area contributed by atoms with Crippen molar-refractivity contribution in [2.45, 2.75) is 45.5 Å². The molecular formula is C12H21BN2O3. The molecule has 1 aromatic heterocycles. The van der Waals surface area contributed by atoms with Crippen molar-refractivity contribution in [1.29, 1.82) is 0 Å². The Labute approximate surface area is 109 Å². The number of aryl methyl sites for hydroxylation is 1. The summed E-state index contributed by atoms with van der Waals surface area (Å²) in [6, 6.07) is 0. The zero-order valence-electron chi connectivity index (χ0n) is 12.0. The van der Waals surface area contributed by atoms with E-state index in [0.717, 1.165) is 11.2 Å². The summed E-state index contributed by atoms with van der Waals surface area (Å²) in [5, 5.41) is 4.37. The molecule has 100 valence electrons. The number of hydrogen-bond acceptors (Lipinski definition) is 4. The summed E-state index contributed by atoms with van der Waals surface area (Å²) >= 11 is 0. The van der Waals surface area contributed by atoms with Gasteiger partial charge in [0.1, 0.15) is 0 Å². The molecule has 1 aromatic rings. The van der Waals surface area contributed by atoms with Gasteiger partial charge in [-0.2, -0.15) is 5.10 Å². The van der Waals surface area contributed by atoms with E-state index in [9.17, 15) is 0 Å². The van der Waals surface area contributed by atoms with Crippen molar-refractivity contribution in [2.75, 3.05) is 7.11 Å². The summed E-state index contributed by atoms with van der Waals surface area (Å²) < 4.78 is 19.0. The van der Waals surface area contributed by atoms with Gasteiger partial charge in [0.25, 0.3) is 0 Å². The SMILES string of the molecule is COCc1nn(C)cc1B1OC(C)(C)C(C)(C)O1. The summed E-state index contributed by atoms with van der Waals surface area (Å²) in [5.41, 5.74) is 1.13. The average molecular weight is 252 g/mol. The monoisotopic (exact) mass is 252 g/mol. The van der Waals surface area contributed by atoms with Crippen LogP contribution in [0.15, 0.2) is 6.20 Å². The van der Waals surface area contributed by atoms with Crippen LogP contribution in [0, 0.1) is 0 Å². The van der Waals surface area contributed by atoms with Crippen LogP contribution in [0.5, 0.6) is 0 Å². The fraction of sp³-hybridized carbons (Fsp3) is 0.750. The number of rotatable bonds is 3. The first kappa shape index (κ1) is 13.6. The van der Waals surface area contributed by atoms with E-state index in [4.69, 9.17) is 14.0 Å². The van der Waals surface area contributed by atoms with Crippen molar-refractivity contribution in [1.82, 2.24) is 9.78 Å². The lowest BCUT2D eigenvalue weighted by molar-refractivity contribution is 0.00578. The van der Waals surface area contributed by atoms with Gasteiger partial charge in [0.05, 0.1) is 23.5 Å². The molecule has 0 unspecified atom stereocenters. The molecule has 1 fully saturated rings. The van der Waals surface area contributed by atoms with Crippen LogP contribution in [0.25, 0.3) is 0 Å². The van der Waals surface area contributed by atoms with Gasteiger partial charge in [-0.25, -0.2) is 0 Å². The van der Waals surface area contributed by atoms with E-state index in [2.05, 4.69) is 5.10 Å². The van der Waals surface area contributed by atoms with Crippen molar-refractivity contribution in [3.05, 3.63) is 11.9 Å². The Morgan fingerprint density at radius 3 is 2.33 bits per heavy atom. The minimum Gasteiger partial charge on any atom is -0.399 e. The van der Waals surface area contributed by atoms with Crippen molar-refractivity contribution in [2.24, 2.45) is 7.05 Å².